The van der Waals surface area contributed by atoms with Gasteiger partial charge in [-0.15, -0.1) is 0 Å². The molecule has 6 aromatic carbocycles. The van der Waals surface area contributed by atoms with Crippen LogP contribution in [-0.4, -0.2) is 173 Å². The number of nitrogens with zero attached hydrogens (tertiary/aromatic N) is 12. The number of nitrogens with two attached hydrogens (primary N) is 1. The van der Waals surface area contributed by atoms with E-state index in [4.69, 9.17) is 90.9 Å². The number of pyridine rings is 3. The molecule has 6 aliphatic heterocycles. The van der Waals surface area contributed by atoms with Crippen molar-refractivity contribution in [3.8, 4) is 34.1 Å². The number of methoxy groups -OCH3 is 4. The zero-order valence-electron chi connectivity index (χ0n) is 72.0. The van der Waals surface area contributed by atoms with Gasteiger partial charge in [0.15, 0.2) is 0 Å². The fraction of sp³-hybridized carbons (Fsp3) is 0.380. The Hall–Kier alpha value is -10.3. The standard InChI is InChI=1S/C29H32BrClN4O3.C21H19BrCl2N2O2.C21H23ClN6O.C13H22N2O3.C8H9BN2O2/c1-37-22-7-3-20(4-8-22)18-35(19-21-5-9-23(38-2)10-6-21)27-25(31)26(24(30)17-33-27)34-15-12-29(13-16-34)11-14-32-28(29)36;1-27-16-7-3-14(4-8-16)12-26(13-15-5-9-17(28-2)10-6-15)21-20(24)19(23)18(22)11-25-21;1-27-16-3-2-13(10-14(16)11-26-27)15-12-25-19(23)17(22)18(15)28-8-5-21(6-9-28)4-7-24-20(21)29;1-12(2,3)18-11(17)15-8-5-13(6-9-15)4-7-14-10(13)16;1-11-8-3-2-7(9(12)13)4-6(8)5-10-11/h3-10,17H,11-16,18-19H2,1-2H3,(H,32,36);3-11H,12-13H2,1-2H3;2-3,10-12H,4-9H2,1H3,(H2,23,25)(H,24,29);4-9H2,1-3H3,(H,14,16);2-5,12-13H,1H3. The summed E-state index contributed by atoms with van der Waals surface area (Å²) in [5, 5.41) is 39.0. The lowest BCUT2D eigenvalue weighted by molar-refractivity contribution is -0.130. The maximum atomic E-state index is 12.5. The Morgan fingerprint density at radius 3 is 1.25 bits per heavy atom. The van der Waals surface area contributed by atoms with Gasteiger partial charge in [-0.25, -0.2) is 19.7 Å². The molecule has 664 valence electrons. The number of halogens is 6. The van der Waals surface area contributed by atoms with Crippen molar-refractivity contribution >= 4 is 165 Å². The van der Waals surface area contributed by atoms with Crippen LogP contribution in [0.3, 0.4) is 0 Å². The normalized spacial score (nSPS) is 16.0. The van der Waals surface area contributed by atoms with Crippen molar-refractivity contribution in [1.29, 1.82) is 0 Å². The number of piperidine rings is 3. The van der Waals surface area contributed by atoms with Crippen molar-refractivity contribution in [2.75, 3.05) is 113 Å². The Labute approximate surface area is 771 Å². The first-order chi connectivity index (χ1) is 60.4. The highest BCUT2D eigenvalue weighted by Gasteiger charge is 2.48. The summed E-state index contributed by atoms with van der Waals surface area (Å²) in [5.41, 5.74) is 15.7. The minimum atomic E-state index is -1.41. The van der Waals surface area contributed by atoms with Gasteiger partial charge < -0.3 is 79.9 Å². The number of aryl methyl sites for hydroxylation is 2. The maximum absolute atomic E-state index is 12.5. The lowest BCUT2D eigenvalue weighted by atomic mass is 9.77. The van der Waals surface area contributed by atoms with E-state index >= 15 is 0 Å². The molecule has 7 N–H and O–H groups in total. The fourth-order valence-corrected chi connectivity index (χ4v) is 19.0. The number of nitrogen functional groups attached to an aromatic ring is 1. The lowest BCUT2D eigenvalue weighted by Gasteiger charge is -2.39. The molecule has 0 atom stereocenters. The molecule has 0 saturated carbocycles. The van der Waals surface area contributed by atoms with Crippen molar-refractivity contribution in [3.05, 3.63) is 216 Å². The number of fused-ring (bicyclic) bond motifs is 2. The zero-order valence-corrected chi connectivity index (χ0v) is 78.2. The van der Waals surface area contributed by atoms with Gasteiger partial charge in [-0.2, -0.15) is 10.2 Å². The molecular weight excluding hydrogens is 1820 g/mol. The number of aromatic nitrogens is 7. The highest BCUT2D eigenvalue weighted by molar-refractivity contribution is 9.11. The molecule has 11 aromatic rings. The molecule has 4 amide bonds. The molecule has 17 rings (SSSR count). The molecule has 27 nitrogen and oxygen atoms in total. The van der Waals surface area contributed by atoms with E-state index in [0.29, 0.717) is 80.9 Å². The van der Waals surface area contributed by atoms with E-state index in [0.717, 1.165) is 203 Å². The summed E-state index contributed by atoms with van der Waals surface area (Å²) < 4.78 is 31.6. The molecule has 0 radical (unpaired) electrons. The number of hydrogen-bond acceptors (Lipinski definition) is 21. The van der Waals surface area contributed by atoms with Crippen LogP contribution in [0.15, 0.2) is 173 Å². The molecule has 34 heteroatoms. The third-order valence-electron chi connectivity index (χ3n) is 24.3. The second-order valence-corrected chi connectivity index (χ2v) is 36.5. The molecule has 0 bridgehead atoms. The van der Waals surface area contributed by atoms with Crippen LogP contribution in [0.2, 0.25) is 20.1 Å². The molecule has 5 aromatic heterocycles. The van der Waals surface area contributed by atoms with Gasteiger partial charge in [0.1, 0.15) is 61.1 Å². The van der Waals surface area contributed by atoms with E-state index in [2.05, 4.69) is 130 Å². The molecule has 11 heterocycles. The van der Waals surface area contributed by atoms with Crippen molar-refractivity contribution in [1.82, 2.24) is 55.4 Å². The van der Waals surface area contributed by atoms with E-state index in [1.165, 1.54) is 0 Å². The van der Waals surface area contributed by atoms with E-state index in [1.54, 1.807) is 68.7 Å². The number of nitrogens with one attached hydrogen (secondary N) is 3. The number of ether oxygens (including phenoxy) is 5. The molecule has 6 saturated heterocycles. The van der Waals surface area contributed by atoms with Crippen LogP contribution in [0.5, 0.6) is 23.0 Å². The average Bonchev–Trinajstić information content (AvgIpc) is 1.43. The van der Waals surface area contributed by atoms with Crippen LogP contribution >= 0.6 is 78.3 Å². The molecule has 6 aliphatic rings. The smallest absolute Gasteiger partial charge is 0.488 e. The summed E-state index contributed by atoms with van der Waals surface area (Å²) in [6.45, 7) is 14.7. The summed E-state index contributed by atoms with van der Waals surface area (Å²) in [5.74, 6) is 5.48. The minimum absolute atomic E-state index is 0.159. The van der Waals surface area contributed by atoms with Gasteiger partial charge in [-0.3, -0.25) is 23.7 Å². The van der Waals surface area contributed by atoms with E-state index in [9.17, 15) is 19.2 Å². The monoisotopic (exact) mass is 1920 g/mol. The SMILES string of the molecule is CC(C)(C)OC(=O)N1CCC2(CCNC2=O)CC1.COc1ccc(CN(Cc2ccc(OC)cc2)c2ncc(Br)c(Cl)c2Cl)cc1.COc1ccc(CN(Cc2ccc(OC)cc2)c2ncc(Br)c(N3CCC4(CCNC4=O)CC3)c2Cl)cc1.Cn1ncc2cc(-c3cnc(N)c(Cl)c3N3CCC4(CCNC4=O)CC3)ccc21.Cn1ncc2cc(B(O)O)ccc21. The first-order valence-electron chi connectivity index (χ1n) is 41.7. The van der Waals surface area contributed by atoms with Gasteiger partial charge in [0.05, 0.1) is 93.5 Å². The fourth-order valence-electron chi connectivity index (χ4n) is 16.9. The Balaban J connectivity index is 0.000000140. The van der Waals surface area contributed by atoms with E-state index in [1.807, 2.05) is 131 Å². The Kier molecular flexibility index (Phi) is 30.5. The second kappa shape index (κ2) is 41.2. The Bertz CT molecular complexity index is 5560. The van der Waals surface area contributed by atoms with Crippen molar-refractivity contribution < 1.29 is 52.9 Å². The number of benzene rings is 6. The van der Waals surface area contributed by atoms with E-state index < -0.39 is 12.7 Å². The van der Waals surface area contributed by atoms with Crippen molar-refractivity contribution in [3.63, 3.8) is 0 Å². The van der Waals surface area contributed by atoms with Gasteiger partial charge in [-0.1, -0.05) is 113 Å². The minimum Gasteiger partial charge on any atom is -0.497 e. The van der Waals surface area contributed by atoms with Gasteiger partial charge in [0.25, 0.3) is 0 Å². The summed E-state index contributed by atoms with van der Waals surface area (Å²) in [4.78, 5) is 72.7. The third kappa shape index (κ3) is 21.9. The highest BCUT2D eigenvalue weighted by Crippen LogP contribution is 2.48. The van der Waals surface area contributed by atoms with Gasteiger partial charge in [0, 0.05) is 134 Å². The quantitative estimate of drug-likeness (QED) is 0.0435. The molecule has 0 unspecified atom stereocenters. The molecule has 3 spiro atoms. The second-order valence-electron chi connectivity index (χ2n) is 33.3. The molecule has 0 aliphatic carbocycles. The van der Waals surface area contributed by atoms with Crippen molar-refractivity contribution in [2.45, 2.75) is 110 Å². The van der Waals surface area contributed by atoms with Gasteiger partial charge in [-0.05, 0) is 210 Å². The van der Waals surface area contributed by atoms with Crippen LogP contribution in [-0.2, 0) is 59.4 Å². The van der Waals surface area contributed by atoms with Crippen LogP contribution in [0.1, 0.15) is 101 Å². The Morgan fingerprint density at radius 2 is 0.865 bits per heavy atom. The first-order valence-corrected chi connectivity index (χ1v) is 44.8. The maximum Gasteiger partial charge on any atom is 0.488 e. The summed E-state index contributed by atoms with van der Waals surface area (Å²) in [6.07, 6.45) is 16.1. The number of anilines is 5. The highest BCUT2D eigenvalue weighted by atomic mass is 79.9. The largest absolute Gasteiger partial charge is 0.497 e. The summed E-state index contributed by atoms with van der Waals surface area (Å²) in [7, 11) is 9.00. The molecule has 6 fully saturated rings. The van der Waals surface area contributed by atoms with Crippen LogP contribution in [0.4, 0.5) is 33.6 Å². The van der Waals surface area contributed by atoms with Crippen molar-refractivity contribution in [2.24, 2.45) is 30.3 Å². The lowest BCUT2D eigenvalue weighted by Crippen LogP contribution is -2.47. The predicted octanol–water partition coefficient (Wildman–Crippen LogP) is 16.0. The van der Waals surface area contributed by atoms with E-state index in [-0.39, 0.29) is 40.1 Å². The number of carbonyl (C=O) groups is 4. The number of amides is 4. The molecular formula is C92H105BBr2Cl4N16O11. The third-order valence-corrected chi connectivity index (χ3v) is 27.2. The van der Waals surface area contributed by atoms with Gasteiger partial charge >= 0.3 is 13.2 Å². The zero-order chi connectivity index (χ0) is 89.8. The summed E-state index contributed by atoms with van der Waals surface area (Å²) in [6, 6.07) is 43.4. The predicted molar refractivity (Wildman–Crippen MR) is 505 cm³/mol. The number of hydrogen-bond donors (Lipinski definition) is 6. The van der Waals surface area contributed by atoms with Crippen LogP contribution < -0.4 is 65.7 Å². The molecule has 126 heavy (non-hydrogen) atoms. The number of likely N-dealkylation sites (tertiary alicyclic amines) is 1. The average molecular weight is 1920 g/mol. The number of carbonyl (C=O) groups excluding carboxylic acids is 4. The van der Waals surface area contributed by atoms with Gasteiger partial charge in [0.2, 0.25) is 17.7 Å². The first kappa shape index (κ1) is 93.3. The summed E-state index contributed by atoms with van der Waals surface area (Å²) >= 11 is 33.7. The van der Waals surface area contributed by atoms with Crippen LogP contribution in [0, 0.1) is 16.2 Å². The Morgan fingerprint density at radius 1 is 0.484 bits per heavy atom. The van der Waals surface area contributed by atoms with Crippen LogP contribution in [0.25, 0.3) is 32.9 Å². The topological polar surface area (TPSA) is 308 Å². The number of rotatable bonds is 18.